The highest BCUT2D eigenvalue weighted by Crippen LogP contribution is 2.41. The minimum absolute atomic E-state index is 0.0263. The van der Waals surface area contributed by atoms with Gasteiger partial charge in [-0.3, -0.25) is 19.9 Å². The highest BCUT2D eigenvalue weighted by molar-refractivity contribution is 7.99. The summed E-state index contributed by atoms with van der Waals surface area (Å²) >= 11 is 1.69. The van der Waals surface area contributed by atoms with E-state index in [0.29, 0.717) is 23.4 Å². The molecule has 0 N–H and O–H groups in total. The Bertz CT molecular complexity index is 1400. The van der Waals surface area contributed by atoms with E-state index in [0.717, 1.165) is 56.0 Å². The third kappa shape index (κ3) is 9.98. The van der Waals surface area contributed by atoms with E-state index in [2.05, 4.69) is 29.3 Å². The van der Waals surface area contributed by atoms with E-state index in [4.69, 9.17) is 18.9 Å². The highest BCUT2D eigenvalue weighted by Gasteiger charge is 2.42. The van der Waals surface area contributed by atoms with Gasteiger partial charge in [0.05, 0.1) is 23.7 Å². The van der Waals surface area contributed by atoms with Gasteiger partial charge in [0, 0.05) is 53.3 Å². The number of carbonyl (C=O) groups excluding carboxylic acids is 2. The smallest absolute Gasteiger partial charge is 0.336 e. The van der Waals surface area contributed by atoms with E-state index in [9.17, 15) is 19.7 Å². The summed E-state index contributed by atoms with van der Waals surface area (Å²) in [7, 11) is 0. The summed E-state index contributed by atoms with van der Waals surface area (Å²) < 4.78 is 22.4. The van der Waals surface area contributed by atoms with Gasteiger partial charge in [0.2, 0.25) is 0 Å². The fourth-order valence-electron chi connectivity index (χ4n) is 5.76. The molecular weight excluding hydrogens is 608 g/mol. The predicted octanol–water partition coefficient (Wildman–Crippen LogP) is 7.20. The first kappa shape index (κ1) is 35.3. The summed E-state index contributed by atoms with van der Waals surface area (Å²) in [5, 5.41) is 11.5. The van der Waals surface area contributed by atoms with E-state index in [1.807, 2.05) is 0 Å². The zero-order valence-electron chi connectivity index (χ0n) is 26.9. The number of ether oxygens (including phenoxy) is 4. The van der Waals surface area contributed by atoms with E-state index < -0.39 is 28.7 Å². The second kappa shape index (κ2) is 18.0. The van der Waals surface area contributed by atoms with Gasteiger partial charge in [-0.25, -0.2) is 4.79 Å². The van der Waals surface area contributed by atoms with Crippen molar-refractivity contribution in [1.82, 2.24) is 0 Å². The zero-order chi connectivity index (χ0) is 32.9. The number of nitro groups is 1. The molecular formula is C35H44N2O8S. The standard InChI is InChI=1S/C35H44N2O8S/c1-4-42-34(38)31-24(2)36-25(3)32(33(31)27-12-9-13-28(23-27)37(40)41)35(39)45-21-10-22-46-29-17-15-26(16-18-29)11-5-7-19-43-30-14-6-8-20-44-30/h9,12-13,15-18,23,30-31,33H,4-8,10-11,14,19-22H2,1-3H3. The minimum atomic E-state index is -0.906. The van der Waals surface area contributed by atoms with Crippen molar-refractivity contribution in [3.8, 4) is 0 Å². The molecule has 2 aromatic carbocycles. The van der Waals surface area contributed by atoms with E-state index in [1.54, 1.807) is 44.7 Å². The van der Waals surface area contributed by atoms with Crippen LogP contribution in [0.2, 0.25) is 0 Å². The highest BCUT2D eigenvalue weighted by atomic mass is 32.2. The number of nitro benzene ring substituents is 1. The lowest BCUT2D eigenvalue weighted by Crippen LogP contribution is -2.36. The molecule has 11 heteroatoms. The van der Waals surface area contributed by atoms with Crippen LogP contribution in [-0.2, 0) is 35.0 Å². The monoisotopic (exact) mass is 652 g/mol. The Morgan fingerprint density at radius 1 is 1.04 bits per heavy atom. The molecule has 2 aliphatic heterocycles. The fourth-order valence-corrected chi connectivity index (χ4v) is 6.59. The summed E-state index contributed by atoms with van der Waals surface area (Å²) in [6.07, 6.45) is 6.97. The molecule has 0 amide bonds. The zero-order valence-corrected chi connectivity index (χ0v) is 27.7. The van der Waals surface area contributed by atoms with Gasteiger partial charge >= 0.3 is 11.9 Å². The molecule has 4 rings (SSSR count). The summed E-state index contributed by atoms with van der Waals surface area (Å²) in [5.74, 6) is -2.11. The van der Waals surface area contributed by atoms with Crippen LogP contribution in [-0.4, -0.2) is 61.0 Å². The number of hydrogen-bond donors (Lipinski definition) is 0. The van der Waals surface area contributed by atoms with Gasteiger partial charge in [-0.05, 0) is 89.0 Å². The van der Waals surface area contributed by atoms with Gasteiger partial charge in [-0.2, -0.15) is 0 Å². The summed E-state index contributed by atoms with van der Waals surface area (Å²) in [6.45, 7) is 6.95. The van der Waals surface area contributed by atoms with Crippen LogP contribution in [0.4, 0.5) is 5.69 Å². The maximum Gasteiger partial charge on any atom is 0.336 e. The van der Waals surface area contributed by atoms with Crippen molar-refractivity contribution in [3.63, 3.8) is 0 Å². The second-order valence-corrected chi connectivity index (χ2v) is 12.6. The van der Waals surface area contributed by atoms with Crippen LogP contribution in [0.3, 0.4) is 0 Å². The Labute approximate surface area is 275 Å². The number of rotatable bonds is 16. The fraction of sp³-hybridized carbons (Fsp3) is 0.514. The maximum atomic E-state index is 13.5. The molecule has 248 valence electrons. The first-order chi connectivity index (χ1) is 22.3. The van der Waals surface area contributed by atoms with E-state index in [-0.39, 0.29) is 30.8 Å². The van der Waals surface area contributed by atoms with Gasteiger partial charge in [-0.15, -0.1) is 11.8 Å². The van der Waals surface area contributed by atoms with Gasteiger partial charge in [-0.1, -0.05) is 24.3 Å². The molecule has 2 heterocycles. The quantitative estimate of drug-likeness (QED) is 0.0608. The average Bonchev–Trinajstić information content (AvgIpc) is 3.05. The molecule has 0 spiro atoms. The molecule has 1 saturated heterocycles. The van der Waals surface area contributed by atoms with Crippen LogP contribution < -0.4 is 0 Å². The van der Waals surface area contributed by atoms with Crippen molar-refractivity contribution in [2.24, 2.45) is 10.9 Å². The van der Waals surface area contributed by atoms with Gasteiger partial charge in [0.15, 0.2) is 6.29 Å². The number of unbranched alkanes of at least 4 members (excludes halogenated alkanes) is 1. The number of nitrogens with zero attached hydrogens (tertiary/aromatic N) is 2. The molecule has 0 bridgehead atoms. The third-order valence-corrected chi connectivity index (χ3v) is 9.14. The normalized spacial score (nSPS) is 19.8. The van der Waals surface area contributed by atoms with Crippen LogP contribution in [0, 0.1) is 16.0 Å². The topological polar surface area (TPSA) is 127 Å². The van der Waals surface area contributed by atoms with Crippen LogP contribution in [0.5, 0.6) is 0 Å². The lowest BCUT2D eigenvalue weighted by molar-refractivity contribution is -0.384. The molecule has 46 heavy (non-hydrogen) atoms. The Morgan fingerprint density at radius 3 is 2.57 bits per heavy atom. The molecule has 1 fully saturated rings. The van der Waals surface area contributed by atoms with Crippen molar-refractivity contribution >= 4 is 35.1 Å². The maximum absolute atomic E-state index is 13.5. The first-order valence-electron chi connectivity index (χ1n) is 16.1. The molecule has 10 nitrogen and oxygen atoms in total. The molecule has 2 aliphatic rings. The van der Waals surface area contributed by atoms with Crippen LogP contribution in [0.25, 0.3) is 0 Å². The van der Waals surface area contributed by atoms with E-state index in [1.165, 1.54) is 24.1 Å². The number of aliphatic imine (C=N–C) groups is 1. The lowest BCUT2D eigenvalue weighted by atomic mass is 9.75. The van der Waals surface area contributed by atoms with Crippen LogP contribution >= 0.6 is 11.8 Å². The first-order valence-corrected chi connectivity index (χ1v) is 17.1. The Balaban J connectivity index is 1.27. The van der Waals surface area contributed by atoms with Crippen LogP contribution in [0.15, 0.2) is 69.7 Å². The molecule has 0 radical (unpaired) electrons. The number of benzene rings is 2. The number of thioether (sulfide) groups is 1. The Hall–Kier alpha value is -3.54. The summed E-state index contributed by atoms with van der Waals surface area (Å²) in [4.78, 5) is 43.2. The molecule has 0 saturated carbocycles. The van der Waals surface area contributed by atoms with Gasteiger partial charge in [0.1, 0.15) is 5.92 Å². The molecule has 2 aromatic rings. The lowest BCUT2D eigenvalue weighted by Gasteiger charge is -2.31. The number of hydrogen-bond acceptors (Lipinski definition) is 10. The molecule has 0 aromatic heterocycles. The number of allylic oxidation sites excluding steroid dienone is 1. The van der Waals surface area contributed by atoms with Crippen molar-refractivity contribution in [2.45, 2.75) is 82.8 Å². The largest absolute Gasteiger partial charge is 0.465 e. The van der Waals surface area contributed by atoms with Crippen molar-refractivity contribution in [3.05, 3.63) is 81.0 Å². The van der Waals surface area contributed by atoms with E-state index >= 15 is 0 Å². The van der Waals surface area contributed by atoms with Crippen LogP contribution in [0.1, 0.15) is 76.3 Å². The number of non-ortho nitro benzene ring substituents is 1. The van der Waals surface area contributed by atoms with Gasteiger partial charge < -0.3 is 18.9 Å². The van der Waals surface area contributed by atoms with Gasteiger partial charge in [0.25, 0.3) is 5.69 Å². The summed E-state index contributed by atoms with van der Waals surface area (Å²) in [5.41, 5.74) is 2.71. The van der Waals surface area contributed by atoms with Crippen molar-refractivity contribution < 1.29 is 33.5 Å². The minimum Gasteiger partial charge on any atom is -0.465 e. The second-order valence-electron chi connectivity index (χ2n) is 11.4. The third-order valence-electron chi connectivity index (χ3n) is 8.04. The Kier molecular flexibility index (Phi) is 13.8. The molecule has 3 atom stereocenters. The number of aryl methyl sites for hydroxylation is 1. The SMILES string of the molecule is CCOC(=O)C1C(C)=NC(C)=C(C(=O)OCCCSc2ccc(CCCCOC3CCCCO3)cc2)C1c1cccc([N+](=O)[O-])c1. The predicted molar refractivity (Wildman–Crippen MR) is 177 cm³/mol. The number of carbonyl (C=O) groups is 2. The van der Waals surface area contributed by atoms with Crippen molar-refractivity contribution in [1.29, 1.82) is 0 Å². The number of esters is 2. The molecule has 0 aliphatic carbocycles. The summed E-state index contributed by atoms with van der Waals surface area (Å²) in [6, 6.07) is 14.5. The van der Waals surface area contributed by atoms with Crippen molar-refractivity contribution in [2.75, 3.05) is 32.2 Å². The average molecular weight is 653 g/mol. The Morgan fingerprint density at radius 2 is 1.85 bits per heavy atom. The molecule has 3 unspecified atom stereocenters.